The maximum absolute atomic E-state index is 13.9. The first kappa shape index (κ1) is 19.4. The van der Waals surface area contributed by atoms with Crippen LogP contribution in [-0.2, 0) is 11.0 Å². The molecule has 0 saturated heterocycles. The minimum absolute atomic E-state index is 0.128. The van der Waals surface area contributed by atoms with Gasteiger partial charge in [-0.15, -0.1) is 0 Å². The normalized spacial score (nSPS) is 12.0. The van der Waals surface area contributed by atoms with Crippen LogP contribution in [0, 0.1) is 0 Å². The molecule has 0 atom stereocenters. The van der Waals surface area contributed by atoms with Gasteiger partial charge in [0.25, 0.3) is 0 Å². The second-order valence-corrected chi connectivity index (χ2v) is 10.3. The van der Waals surface area contributed by atoms with Gasteiger partial charge in [0.2, 0.25) is 0 Å². The fourth-order valence-corrected chi connectivity index (χ4v) is 5.27. The lowest BCUT2D eigenvalue weighted by Gasteiger charge is -2.20. The first-order valence-corrected chi connectivity index (χ1v) is 11.0. The van der Waals surface area contributed by atoms with Crippen molar-refractivity contribution in [1.29, 1.82) is 0 Å². The fraction of sp³-hybridized carbons (Fsp3) is 0.217. The molecule has 3 aromatic carbocycles. The van der Waals surface area contributed by atoms with E-state index in [9.17, 15) is 4.57 Å². The molecule has 3 rings (SSSR count). The third-order valence-electron chi connectivity index (χ3n) is 4.34. The molecule has 0 bridgehead atoms. The number of benzene rings is 3. The highest BCUT2D eigenvalue weighted by atomic mass is 31.2. The molecule has 27 heavy (non-hydrogen) atoms. The molecular formula is C23H26NO2P. The Labute approximate surface area is 161 Å². The van der Waals surface area contributed by atoms with Gasteiger partial charge in [0.05, 0.1) is 0 Å². The molecule has 2 N–H and O–H groups in total. The average molecular weight is 379 g/mol. The highest BCUT2D eigenvalue weighted by molar-refractivity contribution is 7.78. The van der Waals surface area contributed by atoms with Gasteiger partial charge in [-0.25, -0.2) is 0 Å². The number of rotatable bonds is 7. The van der Waals surface area contributed by atoms with Gasteiger partial charge in [0, 0.05) is 16.1 Å². The molecule has 4 heteroatoms. The van der Waals surface area contributed by atoms with E-state index in [0.717, 1.165) is 22.6 Å². The summed E-state index contributed by atoms with van der Waals surface area (Å²) in [6.07, 6.45) is 0.919. The molecule has 3 nitrogen and oxygen atoms in total. The Kier molecular flexibility index (Phi) is 5.84. The molecule has 0 amide bonds. The summed E-state index contributed by atoms with van der Waals surface area (Å²) in [5.74, 6) is 0.709. The number of hydrogen-bond acceptors (Lipinski definition) is 3. The SMILES string of the molecule is CC(C)(N)Cc1ccc(OCP(=O)(c2ccccc2)c2ccccc2)cc1. The number of nitrogens with two attached hydrogens (primary N) is 1. The van der Waals surface area contributed by atoms with Crippen LogP contribution in [0.5, 0.6) is 5.75 Å². The summed E-state index contributed by atoms with van der Waals surface area (Å²) in [4.78, 5) is 0. The Balaban J connectivity index is 1.81. The lowest BCUT2D eigenvalue weighted by Crippen LogP contribution is -2.34. The van der Waals surface area contributed by atoms with E-state index in [4.69, 9.17) is 10.5 Å². The molecule has 0 aliphatic heterocycles. The van der Waals surface area contributed by atoms with Gasteiger partial charge in [-0.3, -0.25) is 0 Å². The summed E-state index contributed by atoms with van der Waals surface area (Å²) in [5, 5.41) is 1.61. The molecule has 0 aromatic heterocycles. The van der Waals surface area contributed by atoms with Gasteiger partial charge < -0.3 is 15.0 Å². The molecule has 0 aliphatic carbocycles. The van der Waals surface area contributed by atoms with Crippen molar-refractivity contribution in [2.45, 2.75) is 25.8 Å². The van der Waals surface area contributed by atoms with Gasteiger partial charge in [-0.05, 0) is 38.0 Å². The summed E-state index contributed by atoms with van der Waals surface area (Å²) in [7, 11) is -2.88. The molecule has 0 unspecified atom stereocenters. The van der Waals surface area contributed by atoms with Crippen LogP contribution in [0.1, 0.15) is 19.4 Å². The van der Waals surface area contributed by atoms with Crippen molar-refractivity contribution in [3.63, 3.8) is 0 Å². The number of hydrogen-bond donors (Lipinski definition) is 1. The molecule has 0 heterocycles. The van der Waals surface area contributed by atoms with Crippen molar-refractivity contribution >= 4 is 17.8 Å². The molecule has 0 spiro atoms. The molecule has 0 aliphatic rings. The van der Waals surface area contributed by atoms with Crippen LogP contribution >= 0.6 is 7.14 Å². The highest BCUT2D eigenvalue weighted by Crippen LogP contribution is 2.43. The number of ether oxygens (including phenoxy) is 1. The lowest BCUT2D eigenvalue weighted by molar-refractivity contribution is 0.379. The average Bonchev–Trinajstić information content (AvgIpc) is 2.67. The minimum atomic E-state index is -2.88. The minimum Gasteiger partial charge on any atom is -0.485 e. The van der Waals surface area contributed by atoms with E-state index in [0.29, 0.717) is 5.75 Å². The molecule has 0 radical (unpaired) electrons. The van der Waals surface area contributed by atoms with Crippen LogP contribution in [0.15, 0.2) is 84.9 Å². The van der Waals surface area contributed by atoms with E-state index in [2.05, 4.69) is 0 Å². The van der Waals surface area contributed by atoms with Crippen LogP contribution < -0.4 is 21.1 Å². The predicted octanol–water partition coefficient (Wildman–Crippen LogP) is 4.32. The van der Waals surface area contributed by atoms with E-state index in [1.807, 2.05) is 98.8 Å². The Morgan fingerprint density at radius 2 is 1.30 bits per heavy atom. The third-order valence-corrected chi connectivity index (χ3v) is 7.10. The quantitative estimate of drug-likeness (QED) is 0.622. The second kappa shape index (κ2) is 8.12. The van der Waals surface area contributed by atoms with Gasteiger partial charge in [0.1, 0.15) is 12.1 Å². The molecule has 140 valence electrons. The third kappa shape index (κ3) is 5.09. The maximum atomic E-state index is 13.9. The molecular weight excluding hydrogens is 353 g/mol. The first-order chi connectivity index (χ1) is 12.9. The monoisotopic (exact) mass is 379 g/mol. The Hall–Kier alpha value is -2.35. The van der Waals surface area contributed by atoms with Crippen LogP contribution in [0.3, 0.4) is 0 Å². The van der Waals surface area contributed by atoms with E-state index in [1.165, 1.54) is 0 Å². The van der Waals surface area contributed by atoms with Gasteiger partial charge in [0.15, 0.2) is 7.14 Å². The first-order valence-electron chi connectivity index (χ1n) is 9.08. The van der Waals surface area contributed by atoms with Crippen LogP contribution in [0.25, 0.3) is 0 Å². The summed E-state index contributed by atoms with van der Waals surface area (Å²) >= 11 is 0. The summed E-state index contributed by atoms with van der Waals surface area (Å²) in [6, 6.07) is 27.0. The maximum Gasteiger partial charge on any atom is 0.178 e. The summed E-state index contributed by atoms with van der Waals surface area (Å²) in [6.45, 7) is 4.01. The Bertz CT molecular complexity index is 857. The van der Waals surface area contributed by atoms with Crippen molar-refractivity contribution in [3.05, 3.63) is 90.5 Å². The van der Waals surface area contributed by atoms with Crippen molar-refractivity contribution in [2.75, 3.05) is 6.35 Å². The zero-order valence-corrected chi connectivity index (χ0v) is 16.7. The zero-order chi connectivity index (χ0) is 19.3. The largest absolute Gasteiger partial charge is 0.485 e. The van der Waals surface area contributed by atoms with Crippen molar-refractivity contribution in [1.82, 2.24) is 0 Å². The highest BCUT2D eigenvalue weighted by Gasteiger charge is 2.28. The van der Waals surface area contributed by atoms with Crippen molar-refractivity contribution < 1.29 is 9.30 Å². The molecule has 0 fully saturated rings. The molecule has 3 aromatic rings. The van der Waals surface area contributed by atoms with E-state index in [1.54, 1.807) is 0 Å². The smallest absolute Gasteiger partial charge is 0.178 e. The lowest BCUT2D eigenvalue weighted by atomic mass is 9.96. The van der Waals surface area contributed by atoms with Crippen molar-refractivity contribution in [3.8, 4) is 5.75 Å². The van der Waals surface area contributed by atoms with E-state index >= 15 is 0 Å². The predicted molar refractivity (Wildman–Crippen MR) is 114 cm³/mol. The van der Waals surface area contributed by atoms with Crippen molar-refractivity contribution in [2.24, 2.45) is 5.73 Å². The molecule has 0 saturated carbocycles. The summed E-state index contributed by atoms with van der Waals surface area (Å²) < 4.78 is 19.9. The van der Waals surface area contributed by atoms with Gasteiger partial charge >= 0.3 is 0 Å². The van der Waals surface area contributed by atoms with E-state index in [-0.39, 0.29) is 11.9 Å². The van der Waals surface area contributed by atoms with Gasteiger partial charge in [-0.2, -0.15) is 0 Å². The fourth-order valence-electron chi connectivity index (χ4n) is 3.03. The standard InChI is InChI=1S/C23H26NO2P/c1-23(2,24)17-19-13-15-20(16-14-19)26-18-27(25,21-9-5-3-6-10-21)22-11-7-4-8-12-22/h3-16H,17-18,24H2,1-2H3. The van der Waals surface area contributed by atoms with Crippen LogP contribution in [-0.4, -0.2) is 11.9 Å². The Morgan fingerprint density at radius 1 is 0.815 bits per heavy atom. The second-order valence-electron chi connectivity index (χ2n) is 7.49. The topological polar surface area (TPSA) is 52.3 Å². The van der Waals surface area contributed by atoms with Crippen LogP contribution in [0.4, 0.5) is 0 Å². The zero-order valence-electron chi connectivity index (χ0n) is 15.8. The van der Waals surface area contributed by atoms with Crippen LogP contribution in [0.2, 0.25) is 0 Å². The van der Waals surface area contributed by atoms with E-state index < -0.39 is 7.14 Å². The summed E-state index contributed by atoms with van der Waals surface area (Å²) in [5.41, 5.74) is 6.99. The Morgan fingerprint density at radius 3 is 1.74 bits per heavy atom. The van der Waals surface area contributed by atoms with Gasteiger partial charge in [-0.1, -0.05) is 72.8 Å².